The number of nitrogens with zero attached hydrogens (tertiary/aromatic N) is 1. The van der Waals surface area contributed by atoms with Gasteiger partial charge in [0, 0.05) is 24.1 Å². The number of ether oxygens (including phenoxy) is 1. The summed E-state index contributed by atoms with van der Waals surface area (Å²) in [6.45, 7) is 4.09. The Bertz CT molecular complexity index is 505. The first-order valence-corrected chi connectivity index (χ1v) is 8.33. The second-order valence-corrected chi connectivity index (χ2v) is 6.97. The minimum absolute atomic E-state index is 0.0933. The SMILES string of the molecule is O=C(COc1cccc(Br)c1)N1CCC2(CCNC2)CC1. The lowest BCUT2D eigenvalue weighted by Gasteiger charge is -2.38. The molecule has 0 radical (unpaired) electrons. The molecule has 2 heterocycles. The molecule has 1 spiro atoms. The number of benzene rings is 1. The zero-order valence-corrected chi connectivity index (χ0v) is 13.7. The summed E-state index contributed by atoms with van der Waals surface area (Å²) in [5.74, 6) is 0.821. The number of amides is 1. The third kappa shape index (κ3) is 3.58. The number of nitrogens with one attached hydrogen (secondary N) is 1. The highest BCUT2D eigenvalue weighted by Gasteiger charge is 2.37. The molecule has 5 heteroatoms. The first-order valence-electron chi connectivity index (χ1n) is 7.54. The molecule has 4 nitrogen and oxygen atoms in total. The fraction of sp³-hybridized carbons (Fsp3) is 0.562. The second kappa shape index (κ2) is 6.36. The summed E-state index contributed by atoms with van der Waals surface area (Å²) in [4.78, 5) is 14.2. The summed E-state index contributed by atoms with van der Waals surface area (Å²) < 4.78 is 6.54. The quantitative estimate of drug-likeness (QED) is 0.908. The van der Waals surface area contributed by atoms with E-state index in [2.05, 4.69) is 21.2 Å². The van der Waals surface area contributed by atoms with Gasteiger partial charge in [-0.1, -0.05) is 22.0 Å². The van der Waals surface area contributed by atoms with Gasteiger partial charge in [0.1, 0.15) is 5.75 Å². The van der Waals surface area contributed by atoms with Gasteiger partial charge in [-0.25, -0.2) is 0 Å². The van der Waals surface area contributed by atoms with Gasteiger partial charge in [-0.05, 0) is 49.4 Å². The first kappa shape index (κ1) is 14.9. The molecule has 114 valence electrons. The Hall–Kier alpha value is -1.07. The third-order valence-electron chi connectivity index (χ3n) is 4.67. The number of piperidine rings is 1. The van der Waals surface area contributed by atoms with Crippen molar-refractivity contribution in [1.29, 1.82) is 0 Å². The first-order chi connectivity index (χ1) is 10.2. The summed E-state index contributed by atoms with van der Waals surface area (Å²) >= 11 is 3.40. The number of rotatable bonds is 3. The topological polar surface area (TPSA) is 41.6 Å². The van der Waals surface area contributed by atoms with Gasteiger partial charge in [0.25, 0.3) is 5.91 Å². The molecule has 1 N–H and O–H groups in total. The van der Waals surface area contributed by atoms with Gasteiger partial charge in [-0.15, -0.1) is 0 Å². The average Bonchev–Trinajstić information content (AvgIpc) is 2.94. The van der Waals surface area contributed by atoms with E-state index in [1.807, 2.05) is 29.2 Å². The van der Waals surface area contributed by atoms with Crippen LogP contribution in [0.25, 0.3) is 0 Å². The maximum Gasteiger partial charge on any atom is 0.260 e. The highest BCUT2D eigenvalue weighted by molar-refractivity contribution is 9.10. The standard InChI is InChI=1S/C16H21BrN2O2/c17-13-2-1-3-14(10-13)21-11-15(20)19-8-5-16(6-9-19)4-7-18-12-16/h1-3,10,18H,4-9,11-12H2. The monoisotopic (exact) mass is 352 g/mol. The number of hydrogen-bond acceptors (Lipinski definition) is 3. The molecule has 1 aromatic rings. The zero-order valence-electron chi connectivity index (χ0n) is 12.1. The molecule has 2 aliphatic rings. The fourth-order valence-corrected chi connectivity index (χ4v) is 3.62. The number of carbonyl (C=O) groups excluding carboxylic acids is 1. The molecule has 3 rings (SSSR count). The van der Waals surface area contributed by atoms with Crippen LogP contribution in [0.1, 0.15) is 19.3 Å². The molecular weight excluding hydrogens is 332 g/mol. The maximum absolute atomic E-state index is 12.2. The minimum Gasteiger partial charge on any atom is -0.484 e. The van der Waals surface area contributed by atoms with Crippen LogP contribution in [0.3, 0.4) is 0 Å². The molecule has 0 unspecified atom stereocenters. The normalized spacial score (nSPS) is 20.7. The molecular formula is C16H21BrN2O2. The van der Waals surface area contributed by atoms with E-state index < -0.39 is 0 Å². The van der Waals surface area contributed by atoms with E-state index in [9.17, 15) is 4.79 Å². The van der Waals surface area contributed by atoms with Crippen LogP contribution in [0.2, 0.25) is 0 Å². The molecule has 0 aromatic heterocycles. The lowest BCUT2D eigenvalue weighted by Crippen LogP contribution is -2.45. The lowest BCUT2D eigenvalue weighted by molar-refractivity contribution is -0.135. The Morgan fingerprint density at radius 2 is 2.14 bits per heavy atom. The van der Waals surface area contributed by atoms with Crippen LogP contribution in [0, 0.1) is 5.41 Å². The van der Waals surface area contributed by atoms with E-state index >= 15 is 0 Å². The largest absolute Gasteiger partial charge is 0.484 e. The van der Waals surface area contributed by atoms with Crippen molar-refractivity contribution < 1.29 is 9.53 Å². The smallest absolute Gasteiger partial charge is 0.260 e. The Morgan fingerprint density at radius 3 is 2.81 bits per heavy atom. The summed E-state index contributed by atoms with van der Waals surface area (Å²) in [6, 6.07) is 7.59. The van der Waals surface area contributed by atoms with Crippen LogP contribution in [0.5, 0.6) is 5.75 Å². The van der Waals surface area contributed by atoms with E-state index in [0.29, 0.717) is 5.41 Å². The highest BCUT2D eigenvalue weighted by Crippen LogP contribution is 2.36. The van der Waals surface area contributed by atoms with E-state index in [1.165, 1.54) is 6.42 Å². The van der Waals surface area contributed by atoms with Crippen molar-refractivity contribution >= 4 is 21.8 Å². The van der Waals surface area contributed by atoms with Crippen LogP contribution in [-0.4, -0.2) is 43.6 Å². The summed E-state index contributed by atoms with van der Waals surface area (Å²) in [7, 11) is 0. The molecule has 2 saturated heterocycles. The van der Waals surface area contributed by atoms with Crippen LogP contribution < -0.4 is 10.1 Å². The highest BCUT2D eigenvalue weighted by atomic mass is 79.9. The average molecular weight is 353 g/mol. The summed E-state index contributed by atoms with van der Waals surface area (Å²) in [6.07, 6.45) is 3.48. The molecule has 1 amide bonds. The Kier molecular flexibility index (Phi) is 4.50. The van der Waals surface area contributed by atoms with Gasteiger partial charge in [0.2, 0.25) is 0 Å². The lowest BCUT2D eigenvalue weighted by atomic mass is 9.78. The van der Waals surface area contributed by atoms with Crippen molar-refractivity contribution in [3.05, 3.63) is 28.7 Å². The Morgan fingerprint density at radius 1 is 1.33 bits per heavy atom. The summed E-state index contributed by atoms with van der Waals surface area (Å²) in [5, 5.41) is 3.45. The molecule has 2 fully saturated rings. The van der Waals surface area contributed by atoms with Crippen molar-refractivity contribution in [2.45, 2.75) is 19.3 Å². The van der Waals surface area contributed by atoms with Crippen molar-refractivity contribution in [3.63, 3.8) is 0 Å². The van der Waals surface area contributed by atoms with E-state index in [0.717, 1.165) is 49.2 Å². The molecule has 21 heavy (non-hydrogen) atoms. The van der Waals surface area contributed by atoms with Gasteiger partial charge < -0.3 is 15.0 Å². The van der Waals surface area contributed by atoms with Crippen molar-refractivity contribution in [2.75, 3.05) is 32.8 Å². The fourth-order valence-electron chi connectivity index (χ4n) is 3.25. The number of halogens is 1. The zero-order chi connectivity index (χ0) is 14.7. The van der Waals surface area contributed by atoms with Gasteiger partial charge in [0.15, 0.2) is 6.61 Å². The van der Waals surface area contributed by atoms with Crippen LogP contribution in [0.15, 0.2) is 28.7 Å². The molecule has 0 atom stereocenters. The minimum atomic E-state index is 0.0933. The van der Waals surface area contributed by atoms with Crippen molar-refractivity contribution in [2.24, 2.45) is 5.41 Å². The molecule has 0 aliphatic carbocycles. The number of likely N-dealkylation sites (tertiary alicyclic amines) is 1. The Labute approximate surface area is 134 Å². The Balaban J connectivity index is 1.48. The third-order valence-corrected chi connectivity index (χ3v) is 5.16. The second-order valence-electron chi connectivity index (χ2n) is 6.05. The van der Waals surface area contributed by atoms with Crippen LogP contribution >= 0.6 is 15.9 Å². The van der Waals surface area contributed by atoms with Gasteiger partial charge in [-0.3, -0.25) is 4.79 Å². The maximum atomic E-state index is 12.2. The van der Waals surface area contributed by atoms with Crippen LogP contribution in [-0.2, 0) is 4.79 Å². The molecule has 0 saturated carbocycles. The predicted octanol–water partition coefficient (Wildman–Crippen LogP) is 2.43. The van der Waals surface area contributed by atoms with E-state index in [4.69, 9.17) is 4.74 Å². The molecule has 1 aromatic carbocycles. The van der Waals surface area contributed by atoms with Crippen molar-refractivity contribution in [1.82, 2.24) is 10.2 Å². The molecule has 2 aliphatic heterocycles. The number of carbonyl (C=O) groups is 1. The van der Waals surface area contributed by atoms with E-state index in [1.54, 1.807) is 0 Å². The summed E-state index contributed by atoms with van der Waals surface area (Å²) in [5.41, 5.74) is 0.446. The van der Waals surface area contributed by atoms with Gasteiger partial charge in [0.05, 0.1) is 0 Å². The van der Waals surface area contributed by atoms with E-state index in [-0.39, 0.29) is 12.5 Å². The number of hydrogen-bond donors (Lipinski definition) is 1. The predicted molar refractivity (Wildman–Crippen MR) is 85.4 cm³/mol. The van der Waals surface area contributed by atoms with Crippen LogP contribution in [0.4, 0.5) is 0 Å². The van der Waals surface area contributed by atoms with Gasteiger partial charge >= 0.3 is 0 Å². The molecule has 0 bridgehead atoms. The van der Waals surface area contributed by atoms with Crippen molar-refractivity contribution in [3.8, 4) is 5.75 Å². The van der Waals surface area contributed by atoms with Gasteiger partial charge in [-0.2, -0.15) is 0 Å².